The molecule has 182 valence electrons. The molecule has 0 saturated heterocycles. The Morgan fingerprint density at radius 2 is 1.69 bits per heavy atom. The van der Waals surface area contributed by atoms with Crippen LogP contribution >= 0.6 is 0 Å². The van der Waals surface area contributed by atoms with Crippen molar-refractivity contribution in [2.24, 2.45) is 5.73 Å². The standard InChI is InChI=1S/C27H32FN7/c1-4-24(5-2)35-25(18(3)32-22-8-6-20(28)7-9-22)16-19-17-31-27(34-26(19)35)33-23-12-10-21(11-13-23)30-15-14-29/h6-13,16-17,24,30,32H,3-5,14-15,29H2,1-2H3,(H,31,33,34). The van der Waals surface area contributed by atoms with Crippen LogP contribution in [-0.2, 0) is 0 Å². The monoisotopic (exact) mass is 473 g/mol. The highest BCUT2D eigenvalue weighted by Gasteiger charge is 2.19. The second-order valence-electron chi connectivity index (χ2n) is 8.37. The van der Waals surface area contributed by atoms with Gasteiger partial charge in [-0.1, -0.05) is 20.4 Å². The topological polar surface area (TPSA) is 92.8 Å². The van der Waals surface area contributed by atoms with Crippen molar-refractivity contribution in [2.45, 2.75) is 32.7 Å². The SMILES string of the molecule is C=C(Nc1ccc(F)cc1)c1cc2cnc(Nc3ccc(NCCN)cc3)nc2n1C(CC)CC. The summed E-state index contributed by atoms with van der Waals surface area (Å²) in [4.78, 5) is 9.40. The van der Waals surface area contributed by atoms with Gasteiger partial charge in [-0.15, -0.1) is 0 Å². The average Bonchev–Trinajstić information content (AvgIpc) is 3.25. The number of hydrogen-bond acceptors (Lipinski definition) is 6. The summed E-state index contributed by atoms with van der Waals surface area (Å²) in [7, 11) is 0. The first-order valence-corrected chi connectivity index (χ1v) is 11.9. The Bertz CT molecular complexity index is 1280. The third-order valence-electron chi connectivity index (χ3n) is 5.95. The molecule has 0 aliphatic rings. The van der Waals surface area contributed by atoms with Crippen LogP contribution in [-0.4, -0.2) is 27.6 Å². The molecule has 0 amide bonds. The van der Waals surface area contributed by atoms with Crippen LogP contribution in [0.3, 0.4) is 0 Å². The van der Waals surface area contributed by atoms with E-state index in [0.29, 0.717) is 12.5 Å². The van der Waals surface area contributed by atoms with Gasteiger partial charge in [0.25, 0.3) is 0 Å². The number of rotatable bonds is 11. The summed E-state index contributed by atoms with van der Waals surface area (Å²) >= 11 is 0. The minimum atomic E-state index is -0.274. The Balaban J connectivity index is 1.65. The lowest BCUT2D eigenvalue weighted by Gasteiger charge is -2.21. The molecule has 2 aromatic heterocycles. The zero-order chi connectivity index (χ0) is 24.8. The van der Waals surface area contributed by atoms with E-state index in [9.17, 15) is 4.39 Å². The molecule has 4 rings (SSSR count). The fraction of sp³-hybridized carbons (Fsp3) is 0.259. The molecule has 0 atom stereocenters. The van der Waals surface area contributed by atoms with Gasteiger partial charge in [0.05, 0.1) is 11.4 Å². The molecule has 0 radical (unpaired) electrons. The fourth-order valence-corrected chi connectivity index (χ4v) is 4.11. The quantitative estimate of drug-likeness (QED) is 0.209. The second kappa shape index (κ2) is 11.0. The predicted molar refractivity (Wildman–Crippen MR) is 143 cm³/mol. The molecular formula is C27H32FN7. The van der Waals surface area contributed by atoms with Gasteiger partial charge in [-0.3, -0.25) is 0 Å². The first-order valence-electron chi connectivity index (χ1n) is 11.9. The lowest BCUT2D eigenvalue weighted by Crippen LogP contribution is -2.13. The molecule has 0 fully saturated rings. The maximum atomic E-state index is 13.3. The van der Waals surface area contributed by atoms with Crippen molar-refractivity contribution in [3.63, 3.8) is 0 Å². The molecular weight excluding hydrogens is 441 g/mol. The van der Waals surface area contributed by atoms with Crippen LogP contribution in [0.2, 0.25) is 0 Å². The molecule has 2 aromatic carbocycles. The summed E-state index contributed by atoms with van der Waals surface area (Å²) < 4.78 is 15.6. The van der Waals surface area contributed by atoms with Gasteiger partial charge in [0.2, 0.25) is 5.95 Å². The highest BCUT2D eigenvalue weighted by Crippen LogP contribution is 2.31. The highest BCUT2D eigenvalue weighted by atomic mass is 19.1. The van der Waals surface area contributed by atoms with E-state index in [1.165, 1.54) is 12.1 Å². The average molecular weight is 474 g/mol. The van der Waals surface area contributed by atoms with Crippen molar-refractivity contribution in [3.8, 4) is 0 Å². The largest absolute Gasteiger partial charge is 0.384 e. The maximum absolute atomic E-state index is 13.3. The number of nitrogens with zero attached hydrogens (tertiary/aromatic N) is 3. The van der Waals surface area contributed by atoms with Gasteiger partial charge in [0.15, 0.2) is 0 Å². The molecule has 4 aromatic rings. The molecule has 2 heterocycles. The van der Waals surface area contributed by atoms with E-state index in [2.05, 4.69) is 45.9 Å². The van der Waals surface area contributed by atoms with Crippen molar-refractivity contribution in [3.05, 3.63) is 78.9 Å². The van der Waals surface area contributed by atoms with E-state index < -0.39 is 0 Å². The number of nitrogens with one attached hydrogen (secondary N) is 3. The molecule has 35 heavy (non-hydrogen) atoms. The minimum Gasteiger partial charge on any atom is -0.384 e. The molecule has 5 N–H and O–H groups in total. The second-order valence-corrected chi connectivity index (χ2v) is 8.37. The number of aromatic nitrogens is 3. The van der Waals surface area contributed by atoms with Crippen molar-refractivity contribution < 1.29 is 4.39 Å². The van der Waals surface area contributed by atoms with Crippen LogP contribution in [0.4, 0.5) is 27.4 Å². The van der Waals surface area contributed by atoms with Crippen LogP contribution in [0.5, 0.6) is 0 Å². The van der Waals surface area contributed by atoms with E-state index in [1.54, 1.807) is 12.1 Å². The Kier molecular flexibility index (Phi) is 7.62. The van der Waals surface area contributed by atoms with Gasteiger partial charge >= 0.3 is 0 Å². The van der Waals surface area contributed by atoms with E-state index in [4.69, 9.17) is 10.7 Å². The van der Waals surface area contributed by atoms with Crippen LogP contribution in [0, 0.1) is 5.82 Å². The van der Waals surface area contributed by atoms with E-state index in [0.717, 1.165) is 58.9 Å². The van der Waals surface area contributed by atoms with Gasteiger partial charge in [-0.25, -0.2) is 9.37 Å². The summed E-state index contributed by atoms with van der Waals surface area (Å²) in [6, 6.07) is 16.5. The van der Waals surface area contributed by atoms with Gasteiger partial charge in [0.1, 0.15) is 11.5 Å². The molecule has 0 spiro atoms. The number of fused-ring (bicyclic) bond motifs is 1. The number of anilines is 4. The summed E-state index contributed by atoms with van der Waals surface area (Å²) in [5.41, 5.74) is 10.7. The number of halogens is 1. The number of nitrogens with two attached hydrogens (primary N) is 1. The Hall–Kier alpha value is -3.91. The van der Waals surface area contributed by atoms with Gasteiger partial charge in [-0.05, 0) is 67.4 Å². The lowest BCUT2D eigenvalue weighted by molar-refractivity contribution is 0.480. The van der Waals surface area contributed by atoms with E-state index >= 15 is 0 Å². The molecule has 0 aliphatic heterocycles. The predicted octanol–water partition coefficient (Wildman–Crippen LogP) is 6.13. The summed E-state index contributed by atoms with van der Waals surface area (Å²) in [5.74, 6) is 0.248. The van der Waals surface area contributed by atoms with Crippen molar-refractivity contribution in [1.82, 2.24) is 14.5 Å². The van der Waals surface area contributed by atoms with Crippen LogP contribution < -0.4 is 21.7 Å². The number of benzene rings is 2. The smallest absolute Gasteiger partial charge is 0.229 e. The van der Waals surface area contributed by atoms with Gasteiger partial charge in [-0.2, -0.15) is 4.98 Å². The maximum Gasteiger partial charge on any atom is 0.229 e. The van der Waals surface area contributed by atoms with Crippen LogP contribution in [0.1, 0.15) is 38.4 Å². The normalized spacial score (nSPS) is 11.1. The third-order valence-corrected chi connectivity index (χ3v) is 5.95. The van der Waals surface area contributed by atoms with E-state index in [1.807, 2.05) is 36.5 Å². The third kappa shape index (κ3) is 5.60. The van der Waals surface area contributed by atoms with Gasteiger partial charge in [0, 0.05) is 47.8 Å². The Morgan fingerprint density at radius 3 is 2.34 bits per heavy atom. The lowest BCUT2D eigenvalue weighted by atomic mass is 10.1. The molecule has 0 bridgehead atoms. The molecule has 0 aliphatic carbocycles. The highest BCUT2D eigenvalue weighted by molar-refractivity contribution is 5.86. The summed E-state index contributed by atoms with van der Waals surface area (Å²) in [6.45, 7) is 9.91. The Labute approximate surface area is 205 Å². The number of hydrogen-bond donors (Lipinski definition) is 4. The first-order chi connectivity index (χ1) is 17.0. The molecule has 7 nitrogen and oxygen atoms in total. The van der Waals surface area contributed by atoms with Crippen molar-refractivity contribution in [1.29, 1.82) is 0 Å². The minimum absolute atomic E-state index is 0.241. The van der Waals surface area contributed by atoms with Gasteiger partial charge < -0.3 is 26.3 Å². The fourth-order valence-electron chi connectivity index (χ4n) is 4.11. The zero-order valence-corrected chi connectivity index (χ0v) is 20.2. The van der Waals surface area contributed by atoms with Crippen molar-refractivity contribution in [2.75, 3.05) is 29.0 Å². The summed E-state index contributed by atoms with van der Waals surface area (Å²) in [5, 5.41) is 10.8. The van der Waals surface area contributed by atoms with Crippen LogP contribution in [0.25, 0.3) is 16.7 Å². The molecule has 8 heteroatoms. The zero-order valence-electron chi connectivity index (χ0n) is 20.2. The van der Waals surface area contributed by atoms with E-state index in [-0.39, 0.29) is 11.9 Å². The first kappa shape index (κ1) is 24.2. The molecule has 0 saturated carbocycles. The Morgan fingerprint density at radius 1 is 1.03 bits per heavy atom. The van der Waals surface area contributed by atoms with Crippen molar-refractivity contribution >= 4 is 39.7 Å². The molecule has 0 unspecified atom stereocenters. The summed E-state index contributed by atoms with van der Waals surface area (Å²) in [6.07, 6.45) is 3.72. The van der Waals surface area contributed by atoms with Crippen LogP contribution in [0.15, 0.2) is 67.4 Å².